The van der Waals surface area contributed by atoms with Gasteiger partial charge < -0.3 is 5.11 Å². The van der Waals surface area contributed by atoms with Gasteiger partial charge in [-0.25, -0.2) is 9.36 Å². The van der Waals surface area contributed by atoms with Gasteiger partial charge >= 0.3 is 5.97 Å². The minimum Gasteiger partial charge on any atom is -0.478 e. The summed E-state index contributed by atoms with van der Waals surface area (Å²) in [6.07, 6.45) is 1.76. The Morgan fingerprint density at radius 1 is 1.29 bits per heavy atom. The smallest absolute Gasteiger partial charge is 0.336 e. The van der Waals surface area contributed by atoms with E-state index < -0.39 is 5.97 Å². The van der Waals surface area contributed by atoms with E-state index in [2.05, 4.69) is 0 Å². The van der Waals surface area contributed by atoms with Crippen LogP contribution in [0.2, 0.25) is 0 Å². The molecule has 0 unspecified atom stereocenters. The highest BCUT2D eigenvalue weighted by Crippen LogP contribution is 2.14. The SMILES string of the molecule is C[n+]1ccc(C(=O)O)c2ccccc21. The molecule has 0 aliphatic rings. The van der Waals surface area contributed by atoms with Gasteiger partial charge in [-0.2, -0.15) is 0 Å². The third-order valence-corrected chi connectivity index (χ3v) is 2.27. The normalized spacial score (nSPS) is 10.4. The molecule has 1 heterocycles. The molecule has 0 saturated heterocycles. The molecule has 2 aromatic rings. The molecule has 1 aromatic heterocycles. The molecular weight excluding hydrogens is 178 g/mol. The number of para-hydroxylation sites is 1. The molecule has 0 bridgehead atoms. The molecule has 0 radical (unpaired) electrons. The Bertz CT molecular complexity index is 506. The Balaban J connectivity index is 2.88. The minimum absolute atomic E-state index is 0.346. The van der Waals surface area contributed by atoms with Crippen LogP contribution in [0.5, 0.6) is 0 Å². The van der Waals surface area contributed by atoms with Crippen molar-refractivity contribution in [2.45, 2.75) is 0 Å². The number of hydrogen-bond acceptors (Lipinski definition) is 1. The summed E-state index contributed by atoms with van der Waals surface area (Å²) in [6, 6.07) is 9.08. The van der Waals surface area contributed by atoms with Gasteiger partial charge in [-0.1, -0.05) is 12.1 Å². The molecule has 0 fully saturated rings. The summed E-state index contributed by atoms with van der Waals surface area (Å²) in [5.41, 5.74) is 1.27. The number of hydrogen-bond donors (Lipinski definition) is 1. The zero-order chi connectivity index (χ0) is 10.1. The Hall–Kier alpha value is -1.90. The van der Waals surface area contributed by atoms with E-state index >= 15 is 0 Å². The first-order valence-corrected chi connectivity index (χ1v) is 4.31. The maximum atomic E-state index is 10.9. The molecular formula is C11H10NO2+. The Labute approximate surface area is 81.2 Å². The van der Waals surface area contributed by atoms with Crippen molar-refractivity contribution in [1.82, 2.24) is 0 Å². The third kappa shape index (κ3) is 1.23. The predicted octanol–water partition coefficient (Wildman–Crippen LogP) is 1.36. The Morgan fingerprint density at radius 3 is 2.71 bits per heavy atom. The monoisotopic (exact) mass is 188 g/mol. The van der Waals surface area contributed by atoms with E-state index in [9.17, 15) is 4.79 Å². The highest BCUT2D eigenvalue weighted by molar-refractivity contribution is 6.01. The van der Waals surface area contributed by atoms with E-state index in [1.807, 2.05) is 35.9 Å². The van der Waals surface area contributed by atoms with Crippen LogP contribution in [0, 0.1) is 0 Å². The van der Waals surface area contributed by atoms with Crippen LogP contribution in [0.15, 0.2) is 36.5 Å². The molecule has 0 amide bonds. The fraction of sp³-hybridized carbons (Fsp3) is 0.0909. The number of carbonyl (C=O) groups is 1. The molecule has 3 heteroatoms. The quantitative estimate of drug-likeness (QED) is 0.686. The second-order valence-electron chi connectivity index (χ2n) is 3.16. The van der Waals surface area contributed by atoms with Crippen LogP contribution >= 0.6 is 0 Å². The summed E-state index contributed by atoms with van der Waals surface area (Å²) >= 11 is 0. The number of aromatic nitrogens is 1. The zero-order valence-electron chi connectivity index (χ0n) is 7.77. The van der Waals surface area contributed by atoms with E-state index in [0.29, 0.717) is 5.56 Å². The van der Waals surface area contributed by atoms with Gasteiger partial charge in [-0.3, -0.25) is 0 Å². The number of rotatable bonds is 1. The summed E-state index contributed by atoms with van der Waals surface area (Å²) in [5.74, 6) is -0.887. The molecule has 1 aromatic carbocycles. The van der Waals surface area contributed by atoms with Gasteiger partial charge in [0.15, 0.2) is 6.20 Å². The van der Waals surface area contributed by atoms with Gasteiger partial charge in [0.25, 0.3) is 0 Å². The highest BCUT2D eigenvalue weighted by Gasteiger charge is 2.13. The highest BCUT2D eigenvalue weighted by atomic mass is 16.4. The lowest BCUT2D eigenvalue weighted by atomic mass is 10.1. The average Bonchev–Trinajstić information content (AvgIpc) is 2.18. The van der Waals surface area contributed by atoms with Crippen LogP contribution in [-0.4, -0.2) is 11.1 Å². The van der Waals surface area contributed by atoms with Gasteiger partial charge in [0.05, 0.1) is 10.9 Å². The van der Waals surface area contributed by atoms with Crippen molar-refractivity contribution < 1.29 is 14.5 Å². The van der Waals surface area contributed by atoms with E-state index in [-0.39, 0.29) is 0 Å². The van der Waals surface area contributed by atoms with Crippen molar-refractivity contribution in [3.8, 4) is 0 Å². The predicted molar refractivity (Wildman–Crippen MR) is 52.1 cm³/mol. The summed E-state index contributed by atoms with van der Waals surface area (Å²) in [7, 11) is 1.90. The van der Waals surface area contributed by atoms with Crippen molar-refractivity contribution in [2.24, 2.45) is 7.05 Å². The molecule has 70 valence electrons. The van der Waals surface area contributed by atoms with Crippen molar-refractivity contribution in [3.05, 3.63) is 42.1 Å². The van der Waals surface area contributed by atoms with Crippen molar-refractivity contribution in [3.63, 3.8) is 0 Å². The molecule has 2 rings (SSSR count). The average molecular weight is 188 g/mol. The standard InChI is InChI=1S/C11H9NO2/c1-12-7-6-9(11(13)14)8-4-2-3-5-10(8)12/h2-7H,1H3/p+1. The molecule has 0 spiro atoms. The second-order valence-corrected chi connectivity index (χ2v) is 3.16. The summed E-state index contributed by atoms with van der Waals surface area (Å²) in [6.45, 7) is 0. The van der Waals surface area contributed by atoms with Gasteiger partial charge in [-0.05, 0) is 6.07 Å². The first-order chi connectivity index (χ1) is 6.70. The zero-order valence-corrected chi connectivity index (χ0v) is 7.77. The van der Waals surface area contributed by atoms with Crippen LogP contribution in [0.25, 0.3) is 10.9 Å². The molecule has 0 aliphatic heterocycles. The summed E-state index contributed by atoms with van der Waals surface area (Å²) in [5, 5.41) is 9.73. The molecule has 0 saturated carbocycles. The minimum atomic E-state index is -0.887. The second kappa shape index (κ2) is 3.10. The third-order valence-electron chi connectivity index (χ3n) is 2.27. The first kappa shape index (κ1) is 8.69. The molecule has 3 nitrogen and oxygen atoms in total. The van der Waals surface area contributed by atoms with E-state index in [4.69, 9.17) is 5.11 Å². The summed E-state index contributed by atoms with van der Waals surface area (Å²) < 4.78 is 1.90. The topological polar surface area (TPSA) is 41.2 Å². The van der Waals surface area contributed by atoms with Crippen LogP contribution in [0.4, 0.5) is 0 Å². The number of carboxylic acids is 1. The number of carboxylic acid groups (broad SMARTS) is 1. The molecule has 14 heavy (non-hydrogen) atoms. The first-order valence-electron chi connectivity index (χ1n) is 4.31. The molecule has 0 aliphatic carbocycles. The lowest BCUT2D eigenvalue weighted by Gasteiger charge is -1.99. The lowest BCUT2D eigenvalue weighted by Crippen LogP contribution is -2.28. The van der Waals surface area contributed by atoms with Crippen LogP contribution in [-0.2, 0) is 7.05 Å². The number of aromatic carboxylic acids is 1. The van der Waals surface area contributed by atoms with Gasteiger partial charge in [-0.15, -0.1) is 0 Å². The number of fused-ring (bicyclic) bond motifs is 1. The fourth-order valence-corrected chi connectivity index (χ4v) is 1.55. The molecule has 1 N–H and O–H groups in total. The van der Waals surface area contributed by atoms with Gasteiger partial charge in [0.1, 0.15) is 7.05 Å². The van der Waals surface area contributed by atoms with Crippen LogP contribution < -0.4 is 4.57 Å². The largest absolute Gasteiger partial charge is 0.478 e. The number of benzene rings is 1. The summed E-state index contributed by atoms with van der Waals surface area (Å²) in [4.78, 5) is 10.9. The van der Waals surface area contributed by atoms with Crippen molar-refractivity contribution >= 4 is 16.9 Å². The fourth-order valence-electron chi connectivity index (χ4n) is 1.55. The van der Waals surface area contributed by atoms with E-state index in [1.165, 1.54) is 0 Å². The van der Waals surface area contributed by atoms with Crippen molar-refractivity contribution in [1.29, 1.82) is 0 Å². The lowest BCUT2D eigenvalue weighted by molar-refractivity contribution is -0.644. The Kier molecular flexibility index (Phi) is 1.93. The van der Waals surface area contributed by atoms with Crippen molar-refractivity contribution in [2.75, 3.05) is 0 Å². The maximum Gasteiger partial charge on any atom is 0.336 e. The van der Waals surface area contributed by atoms with E-state index in [0.717, 1.165) is 10.9 Å². The van der Waals surface area contributed by atoms with Crippen LogP contribution in [0.1, 0.15) is 10.4 Å². The van der Waals surface area contributed by atoms with Crippen LogP contribution in [0.3, 0.4) is 0 Å². The van der Waals surface area contributed by atoms with Gasteiger partial charge in [0.2, 0.25) is 5.52 Å². The number of aryl methyl sites for hydroxylation is 1. The number of pyridine rings is 1. The van der Waals surface area contributed by atoms with Gasteiger partial charge in [0, 0.05) is 12.1 Å². The van der Waals surface area contributed by atoms with E-state index in [1.54, 1.807) is 12.3 Å². The molecule has 0 atom stereocenters. The Morgan fingerprint density at radius 2 is 2.00 bits per heavy atom. The number of nitrogens with zero attached hydrogens (tertiary/aromatic N) is 1. The maximum absolute atomic E-state index is 10.9.